The smallest absolute Gasteiger partial charge is 0.419 e. The zero-order chi connectivity index (χ0) is 13.8. The van der Waals surface area contributed by atoms with Crippen molar-refractivity contribution in [1.82, 2.24) is 0 Å². The number of alkyl halides is 3. The predicted molar refractivity (Wildman–Crippen MR) is 62.9 cm³/mol. The van der Waals surface area contributed by atoms with Crippen molar-refractivity contribution in [3.8, 4) is 5.75 Å². The highest BCUT2D eigenvalue weighted by molar-refractivity contribution is 7.80. The molecule has 0 radical (unpaired) electrons. The van der Waals surface area contributed by atoms with Crippen LogP contribution in [0.4, 0.5) is 17.6 Å². The van der Waals surface area contributed by atoms with E-state index in [1.807, 2.05) is 0 Å². The first-order chi connectivity index (χ1) is 8.30. The van der Waals surface area contributed by atoms with Crippen LogP contribution in [0.5, 0.6) is 5.75 Å². The molecule has 0 saturated heterocycles. The van der Waals surface area contributed by atoms with Gasteiger partial charge in [-0.1, -0.05) is 12.2 Å². The summed E-state index contributed by atoms with van der Waals surface area (Å²) in [5.41, 5.74) is 3.91. The Hall–Kier alpha value is -1.37. The summed E-state index contributed by atoms with van der Waals surface area (Å²) in [6, 6.07) is 2.51. The molecule has 0 spiro atoms. The average Bonchev–Trinajstić information content (AvgIpc) is 2.24. The number of ether oxygens (including phenoxy) is 1. The van der Waals surface area contributed by atoms with E-state index in [1.165, 1.54) is 0 Å². The lowest BCUT2D eigenvalue weighted by atomic mass is 10.2. The molecule has 1 aromatic carbocycles. The minimum atomic E-state index is -4.73. The third-order valence-corrected chi connectivity index (χ3v) is 2.28. The molecule has 0 aliphatic rings. The van der Waals surface area contributed by atoms with Crippen LogP contribution in [0, 0.1) is 5.82 Å². The van der Waals surface area contributed by atoms with Crippen molar-refractivity contribution < 1.29 is 22.3 Å². The van der Waals surface area contributed by atoms with Crippen molar-refractivity contribution in [2.45, 2.75) is 19.0 Å². The molecule has 2 N–H and O–H groups in total. The van der Waals surface area contributed by atoms with E-state index in [9.17, 15) is 17.6 Å². The fourth-order valence-electron chi connectivity index (χ4n) is 1.25. The van der Waals surface area contributed by atoms with Gasteiger partial charge in [-0.2, -0.15) is 13.2 Å². The van der Waals surface area contributed by atoms with E-state index in [0.717, 1.165) is 12.1 Å². The molecule has 0 aliphatic heterocycles. The van der Waals surface area contributed by atoms with Gasteiger partial charge in [0.15, 0.2) is 0 Å². The van der Waals surface area contributed by atoms with Gasteiger partial charge in [0, 0.05) is 6.42 Å². The molecule has 2 nitrogen and oxygen atoms in total. The summed E-state index contributed by atoms with van der Waals surface area (Å²) in [7, 11) is 0. The van der Waals surface area contributed by atoms with Crippen LogP contribution < -0.4 is 10.5 Å². The minimum Gasteiger partial charge on any atom is -0.494 e. The van der Waals surface area contributed by atoms with Gasteiger partial charge >= 0.3 is 6.18 Å². The van der Waals surface area contributed by atoms with Crippen LogP contribution in [-0.4, -0.2) is 11.6 Å². The number of thiocarbonyl (C=S) groups is 1. The first-order valence-corrected chi connectivity index (χ1v) is 5.49. The van der Waals surface area contributed by atoms with E-state index in [1.54, 1.807) is 0 Å². The number of hydrogen-bond acceptors (Lipinski definition) is 2. The summed E-state index contributed by atoms with van der Waals surface area (Å²) < 4.78 is 55.2. The van der Waals surface area contributed by atoms with Crippen LogP contribution in [0.25, 0.3) is 0 Å². The maximum absolute atomic E-state index is 13.0. The summed E-state index contributed by atoms with van der Waals surface area (Å²) in [6.07, 6.45) is -3.79. The van der Waals surface area contributed by atoms with E-state index >= 15 is 0 Å². The average molecular weight is 281 g/mol. The van der Waals surface area contributed by atoms with Crippen LogP contribution in [0.15, 0.2) is 18.2 Å². The van der Waals surface area contributed by atoms with Crippen LogP contribution in [0.1, 0.15) is 18.4 Å². The van der Waals surface area contributed by atoms with Gasteiger partial charge < -0.3 is 10.5 Å². The zero-order valence-electron chi connectivity index (χ0n) is 9.26. The first kappa shape index (κ1) is 14.7. The number of nitrogens with two attached hydrogens (primary N) is 1. The maximum atomic E-state index is 13.0. The standard InChI is InChI=1S/C11H11F4NOS/c12-9-4-3-7(6-8(9)11(13,14)15)17-5-1-2-10(16)18/h3-4,6H,1-2,5H2,(H2,16,18). The van der Waals surface area contributed by atoms with E-state index in [2.05, 4.69) is 12.2 Å². The second-order valence-corrected chi connectivity index (χ2v) is 4.08. The Balaban J connectivity index is 2.65. The Morgan fingerprint density at radius 2 is 2.00 bits per heavy atom. The molecule has 1 rings (SSSR count). The summed E-state index contributed by atoms with van der Waals surface area (Å²) in [5.74, 6) is -1.36. The van der Waals surface area contributed by atoms with E-state index in [0.29, 0.717) is 23.9 Å². The van der Waals surface area contributed by atoms with Crippen molar-refractivity contribution in [2.75, 3.05) is 6.61 Å². The second-order valence-electron chi connectivity index (χ2n) is 3.56. The molecule has 0 unspecified atom stereocenters. The van der Waals surface area contributed by atoms with Gasteiger partial charge in [-0.3, -0.25) is 0 Å². The molecule has 0 saturated carbocycles. The van der Waals surface area contributed by atoms with Gasteiger partial charge in [0.2, 0.25) is 0 Å². The van der Waals surface area contributed by atoms with Crippen molar-refractivity contribution in [3.05, 3.63) is 29.6 Å². The SMILES string of the molecule is NC(=S)CCCOc1ccc(F)c(C(F)(F)F)c1. The molecule has 0 atom stereocenters. The lowest BCUT2D eigenvalue weighted by molar-refractivity contribution is -0.140. The highest BCUT2D eigenvalue weighted by atomic mass is 32.1. The molecule has 0 heterocycles. The second kappa shape index (κ2) is 5.99. The molecule has 0 fully saturated rings. The van der Waals surface area contributed by atoms with E-state index in [-0.39, 0.29) is 12.4 Å². The largest absolute Gasteiger partial charge is 0.494 e. The maximum Gasteiger partial charge on any atom is 0.419 e. The Morgan fingerprint density at radius 1 is 1.33 bits per heavy atom. The molecular weight excluding hydrogens is 270 g/mol. The van der Waals surface area contributed by atoms with Crippen LogP contribution in [0.2, 0.25) is 0 Å². The first-order valence-electron chi connectivity index (χ1n) is 5.08. The van der Waals surface area contributed by atoms with Gasteiger partial charge in [0.05, 0.1) is 17.2 Å². The van der Waals surface area contributed by atoms with Crippen molar-refractivity contribution >= 4 is 17.2 Å². The highest BCUT2D eigenvalue weighted by Crippen LogP contribution is 2.33. The van der Waals surface area contributed by atoms with Gasteiger partial charge in [-0.15, -0.1) is 0 Å². The number of halogens is 4. The molecule has 0 bridgehead atoms. The molecule has 0 amide bonds. The van der Waals surface area contributed by atoms with E-state index in [4.69, 9.17) is 10.5 Å². The van der Waals surface area contributed by atoms with Gasteiger partial charge in [0.1, 0.15) is 11.6 Å². The molecule has 0 aromatic heterocycles. The third kappa shape index (κ3) is 4.48. The zero-order valence-corrected chi connectivity index (χ0v) is 10.1. The van der Waals surface area contributed by atoms with Gasteiger partial charge in [-0.25, -0.2) is 4.39 Å². The van der Waals surface area contributed by atoms with Crippen LogP contribution >= 0.6 is 12.2 Å². The normalized spacial score (nSPS) is 11.3. The van der Waals surface area contributed by atoms with Crippen LogP contribution in [-0.2, 0) is 6.18 Å². The van der Waals surface area contributed by atoms with Crippen molar-refractivity contribution in [1.29, 1.82) is 0 Å². The molecule has 100 valence electrons. The molecular formula is C11H11F4NOS. The summed E-state index contributed by atoms with van der Waals surface area (Å²) in [6.45, 7) is 0.167. The topological polar surface area (TPSA) is 35.2 Å². The van der Waals surface area contributed by atoms with Crippen molar-refractivity contribution in [3.63, 3.8) is 0 Å². The van der Waals surface area contributed by atoms with Crippen molar-refractivity contribution in [2.24, 2.45) is 5.73 Å². The quantitative estimate of drug-likeness (QED) is 0.511. The van der Waals surface area contributed by atoms with E-state index < -0.39 is 17.6 Å². The predicted octanol–water partition coefficient (Wildman–Crippen LogP) is 3.29. The summed E-state index contributed by atoms with van der Waals surface area (Å²) in [5, 5.41) is 0. The molecule has 18 heavy (non-hydrogen) atoms. The fraction of sp³-hybridized carbons (Fsp3) is 0.364. The van der Waals surface area contributed by atoms with Crippen LogP contribution in [0.3, 0.4) is 0 Å². The molecule has 1 aromatic rings. The number of rotatable bonds is 5. The monoisotopic (exact) mass is 281 g/mol. The Kier molecular flexibility index (Phi) is 4.89. The van der Waals surface area contributed by atoms with Gasteiger partial charge in [0.25, 0.3) is 0 Å². The molecule has 7 heteroatoms. The Morgan fingerprint density at radius 3 is 2.56 bits per heavy atom. The Bertz CT molecular complexity index is 434. The lowest BCUT2D eigenvalue weighted by Gasteiger charge is -2.11. The molecule has 0 aliphatic carbocycles. The summed E-state index contributed by atoms with van der Waals surface area (Å²) >= 11 is 4.64. The number of benzene rings is 1. The minimum absolute atomic E-state index is 0.0355. The Labute approximate surface area is 107 Å². The van der Waals surface area contributed by atoms with Gasteiger partial charge in [-0.05, 0) is 24.6 Å². The fourth-order valence-corrected chi connectivity index (χ4v) is 1.39. The highest BCUT2D eigenvalue weighted by Gasteiger charge is 2.34. The summed E-state index contributed by atoms with van der Waals surface area (Å²) in [4.78, 5) is 0.314. The number of hydrogen-bond donors (Lipinski definition) is 1. The lowest BCUT2D eigenvalue weighted by Crippen LogP contribution is -2.11. The third-order valence-electron chi connectivity index (χ3n) is 2.08.